The van der Waals surface area contributed by atoms with Crippen LogP contribution in [0.4, 0.5) is 10.5 Å². The molecule has 7 heteroatoms. The molecule has 6 nitrogen and oxygen atoms in total. The second-order valence-electron chi connectivity index (χ2n) is 5.94. The average molecular weight is 325 g/mol. The lowest BCUT2D eigenvalue weighted by Gasteiger charge is -2.36. The Kier molecular flexibility index (Phi) is 5.08. The van der Waals surface area contributed by atoms with Gasteiger partial charge in [0.2, 0.25) is 10.0 Å². The molecule has 2 amide bonds. The summed E-state index contributed by atoms with van der Waals surface area (Å²) >= 11 is 0. The summed E-state index contributed by atoms with van der Waals surface area (Å²) in [5.41, 5.74) is 0.549. The molecule has 1 saturated carbocycles. The molecule has 1 aliphatic rings. The van der Waals surface area contributed by atoms with Crippen molar-refractivity contribution in [2.24, 2.45) is 11.1 Å². The van der Waals surface area contributed by atoms with Crippen molar-refractivity contribution in [1.82, 2.24) is 4.90 Å². The van der Waals surface area contributed by atoms with Crippen LogP contribution in [0.25, 0.3) is 0 Å². The molecule has 0 bridgehead atoms. The molecule has 122 valence electrons. The number of benzene rings is 1. The Hall–Kier alpha value is -1.60. The van der Waals surface area contributed by atoms with E-state index in [0.29, 0.717) is 11.6 Å². The summed E-state index contributed by atoms with van der Waals surface area (Å²) in [6.07, 6.45) is 4.54. The maximum Gasteiger partial charge on any atom is 0.321 e. The van der Waals surface area contributed by atoms with Gasteiger partial charge in [-0.25, -0.2) is 18.4 Å². The smallest absolute Gasteiger partial charge is 0.321 e. The van der Waals surface area contributed by atoms with Crippen molar-refractivity contribution in [3.63, 3.8) is 0 Å². The number of carbonyl (C=O) groups excluding carboxylic acids is 1. The summed E-state index contributed by atoms with van der Waals surface area (Å²) in [5.74, 6) is 0.495. The number of primary sulfonamides is 1. The highest BCUT2D eigenvalue weighted by Crippen LogP contribution is 2.27. The highest BCUT2D eigenvalue weighted by Gasteiger charge is 2.27. The van der Waals surface area contributed by atoms with Gasteiger partial charge in [0.05, 0.1) is 4.90 Å². The van der Waals surface area contributed by atoms with Gasteiger partial charge in [0.25, 0.3) is 0 Å². The van der Waals surface area contributed by atoms with Crippen LogP contribution in [0.15, 0.2) is 29.2 Å². The fraction of sp³-hybridized carbons (Fsp3) is 0.533. The van der Waals surface area contributed by atoms with Gasteiger partial charge in [0.1, 0.15) is 0 Å². The van der Waals surface area contributed by atoms with Gasteiger partial charge in [0.15, 0.2) is 0 Å². The largest absolute Gasteiger partial charge is 0.324 e. The summed E-state index contributed by atoms with van der Waals surface area (Å²) in [6, 6.07) is 5.91. The number of amides is 2. The Morgan fingerprint density at radius 1 is 1.23 bits per heavy atom. The van der Waals surface area contributed by atoms with Gasteiger partial charge in [-0.05, 0) is 43.0 Å². The molecule has 1 fully saturated rings. The Morgan fingerprint density at radius 2 is 1.82 bits per heavy atom. The van der Waals surface area contributed by atoms with Crippen molar-refractivity contribution >= 4 is 21.7 Å². The number of carbonyl (C=O) groups is 1. The van der Waals surface area contributed by atoms with E-state index in [1.54, 1.807) is 11.9 Å². The first-order valence-electron chi connectivity index (χ1n) is 7.45. The van der Waals surface area contributed by atoms with Crippen LogP contribution in [0.5, 0.6) is 0 Å². The number of nitrogens with one attached hydrogen (secondary N) is 1. The average Bonchev–Trinajstić information content (AvgIpc) is 2.46. The van der Waals surface area contributed by atoms with Crippen molar-refractivity contribution in [1.29, 1.82) is 0 Å². The van der Waals surface area contributed by atoms with Crippen molar-refractivity contribution in [3.05, 3.63) is 24.3 Å². The van der Waals surface area contributed by atoms with Crippen LogP contribution >= 0.6 is 0 Å². The number of hydrogen-bond acceptors (Lipinski definition) is 3. The zero-order chi connectivity index (χ0) is 16.3. The molecule has 3 N–H and O–H groups in total. The van der Waals surface area contributed by atoms with Gasteiger partial charge in [-0.15, -0.1) is 0 Å². The van der Waals surface area contributed by atoms with Gasteiger partial charge < -0.3 is 10.2 Å². The molecule has 0 spiro atoms. The highest BCUT2D eigenvalue weighted by atomic mass is 32.2. The first-order valence-corrected chi connectivity index (χ1v) is 9.00. The summed E-state index contributed by atoms with van der Waals surface area (Å²) in [6.45, 7) is 2.18. The normalized spacial score (nSPS) is 22.1. The first-order chi connectivity index (χ1) is 10.3. The highest BCUT2D eigenvalue weighted by molar-refractivity contribution is 7.89. The SMILES string of the molecule is C[C@H]1CCCC[C@H]1N(C)C(=O)Nc1ccc(S(N)(=O)=O)cc1. The second-order valence-corrected chi connectivity index (χ2v) is 7.50. The van der Waals surface area contributed by atoms with Gasteiger partial charge in [-0.2, -0.15) is 0 Å². The van der Waals surface area contributed by atoms with Gasteiger partial charge in [-0.1, -0.05) is 19.8 Å². The standard InChI is InChI=1S/C15H23N3O3S/c1-11-5-3-4-6-14(11)18(2)15(19)17-12-7-9-13(10-8-12)22(16,20)21/h7-11,14H,3-6H2,1-2H3,(H,17,19)(H2,16,20,21)/t11-,14+/m0/s1. The molecular formula is C15H23N3O3S. The molecule has 0 heterocycles. The third-order valence-electron chi connectivity index (χ3n) is 4.32. The minimum atomic E-state index is -3.71. The van der Waals surface area contributed by atoms with E-state index in [1.807, 2.05) is 0 Å². The fourth-order valence-electron chi connectivity index (χ4n) is 2.96. The maximum atomic E-state index is 12.3. The van der Waals surface area contributed by atoms with Crippen LogP contribution in [-0.4, -0.2) is 32.4 Å². The Labute approximate surface area is 131 Å². The van der Waals surface area contributed by atoms with Crippen LogP contribution in [0, 0.1) is 5.92 Å². The molecule has 0 unspecified atom stereocenters. The Balaban J connectivity index is 2.02. The second kappa shape index (κ2) is 6.66. The quantitative estimate of drug-likeness (QED) is 0.893. The van der Waals surface area contributed by atoms with Crippen LogP contribution in [0.2, 0.25) is 0 Å². The number of anilines is 1. The third-order valence-corrected chi connectivity index (χ3v) is 5.25. The maximum absolute atomic E-state index is 12.3. The molecule has 1 aromatic carbocycles. The topological polar surface area (TPSA) is 92.5 Å². The first kappa shape index (κ1) is 16.8. The molecule has 2 atom stereocenters. The lowest BCUT2D eigenvalue weighted by Crippen LogP contribution is -2.44. The summed E-state index contributed by atoms with van der Waals surface area (Å²) in [4.78, 5) is 14.1. The van der Waals surface area contributed by atoms with Crippen LogP contribution in [-0.2, 0) is 10.0 Å². The molecule has 2 rings (SSSR count). The minimum absolute atomic E-state index is 0.0276. The Bertz CT molecular complexity index is 628. The predicted molar refractivity (Wildman–Crippen MR) is 86.0 cm³/mol. The van der Waals surface area contributed by atoms with Gasteiger partial charge in [-0.3, -0.25) is 0 Å². The molecule has 22 heavy (non-hydrogen) atoms. The van der Waals surface area contributed by atoms with E-state index >= 15 is 0 Å². The van der Waals surface area contributed by atoms with Gasteiger partial charge >= 0.3 is 6.03 Å². The van der Waals surface area contributed by atoms with E-state index in [0.717, 1.165) is 19.3 Å². The predicted octanol–water partition coefficient (Wildman–Crippen LogP) is 2.38. The third kappa shape index (κ3) is 3.98. The number of hydrogen-bond donors (Lipinski definition) is 2. The fourth-order valence-corrected chi connectivity index (χ4v) is 3.48. The number of rotatable bonds is 3. The molecule has 0 saturated heterocycles. The summed E-state index contributed by atoms with van der Waals surface area (Å²) in [5, 5.41) is 7.84. The molecule has 0 radical (unpaired) electrons. The van der Waals surface area contributed by atoms with E-state index < -0.39 is 10.0 Å². The van der Waals surface area contributed by atoms with Crippen molar-refractivity contribution in [3.8, 4) is 0 Å². The molecule has 0 aliphatic heterocycles. The van der Waals surface area contributed by atoms with Crippen LogP contribution in [0.3, 0.4) is 0 Å². The monoisotopic (exact) mass is 325 g/mol. The zero-order valence-corrected chi connectivity index (χ0v) is 13.8. The molecule has 0 aromatic heterocycles. The molecule has 1 aliphatic carbocycles. The van der Waals surface area contributed by atoms with Crippen molar-refractivity contribution < 1.29 is 13.2 Å². The van der Waals surface area contributed by atoms with Crippen molar-refractivity contribution in [2.45, 2.75) is 43.5 Å². The summed E-state index contributed by atoms with van der Waals surface area (Å²) < 4.78 is 22.4. The Morgan fingerprint density at radius 3 is 2.36 bits per heavy atom. The van der Waals surface area contributed by atoms with E-state index in [-0.39, 0.29) is 17.0 Å². The number of urea groups is 1. The van der Waals surface area contributed by atoms with E-state index in [9.17, 15) is 13.2 Å². The molecular weight excluding hydrogens is 302 g/mol. The minimum Gasteiger partial charge on any atom is -0.324 e. The number of nitrogens with two attached hydrogens (primary N) is 1. The van der Waals surface area contributed by atoms with Gasteiger partial charge in [0, 0.05) is 18.8 Å². The van der Waals surface area contributed by atoms with Crippen LogP contribution < -0.4 is 10.5 Å². The lowest BCUT2D eigenvalue weighted by atomic mass is 9.85. The lowest BCUT2D eigenvalue weighted by molar-refractivity contribution is 0.155. The summed E-state index contributed by atoms with van der Waals surface area (Å²) in [7, 11) is -1.91. The zero-order valence-electron chi connectivity index (χ0n) is 13.0. The van der Waals surface area contributed by atoms with E-state index in [2.05, 4.69) is 12.2 Å². The van der Waals surface area contributed by atoms with Crippen molar-refractivity contribution in [2.75, 3.05) is 12.4 Å². The molecule has 1 aromatic rings. The number of nitrogens with zero attached hydrogens (tertiary/aromatic N) is 1. The van der Waals surface area contributed by atoms with E-state index in [1.165, 1.54) is 30.7 Å². The van der Waals surface area contributed by atoms with Crippen LogP contribution in [0.1, 0.15) is 32.6 Å². The number of sulfonamides is 1. The van der Waals surface area contributed by atoms with E-state index in [4.69, 9.17) is 5.14 Å².